The summed E-state index contributed by atoms with van der Waals surface area (Å²) in [5, 5.41) is 7.22. The molecular formula is C17H14N4OS2. The van der Waals surface area contributed by atoms with Crippen LogP contribution in [0.25, 0.3) is 20.4 Å². The van der Waals surface area contributed by atoms with E-state index >= 15 is 0 Å². The van der Waals surface area contributed by atoms with Crippen LogP contribution >= 0.6 is 22.7 Å². The van der Waals surface area contributed by atoms with Crippen LogP contribution in [0, 0.1) is 13.8 Å². The highest BCUT2D eigenvalue weighted by atomic mass is 32.1. The highest BCUT2D eigenvalue weighted by Gasteiger charge is 2.12. The summed E-state index contributed by atoms with van der Waals surface area (Å²) >= 11 is 3.12. The van der Waals surface area contributed by atoms with Crippen LogP contribution in [0.1, 0.15) is 10.6 Å². The van der Waals surface area contributed by atoms with Crippen molar-refractivity contribution in [1.82, 2.24) is 9.97 Å². The van der Waals surface area contributed by atoms with Crippen LogP contribution in [0.3, 0.4) is 0 Å². The van der Waals surface area contributed by atoms with Crippen molar-refractivity contribution in [3.63, 3.8) is 0 Å². The van der Waals surface area contributed by atoms with Crippen LogP contribution in [-0.4, -0.2) is 16.0 Å². The van der Waals surface area contributed by atoms with Crippen LogP contribution in [0.5, 0.6) is 0 Å². The molecule has 0 radical (unpaired) electrons. The Labute approximate surface area is 146 Å². The number of nitrogens with one attached hydrogen (secondary N) is 2. The number of aromatic nitrogens is 2. The monoisotopic (exact) mass is 354 g/mol. The van der Waals surface area contributed by atoms with Gasteiger partial charge < -0.3 is 5.32 Å². The molecule has 7 heteroatoms. The first-order valence-electron chi connectivity index (χ1n) is 7.40. The number of benzene rings is 2. The van der Waals surface area contributed by atoms with E-state index in [2.05, 4.69) is 20.6 Å². The van der Waals surface area contributed by atoms with Gasteiger partial charge in [0.2, 0.25) is 0 Å². The van der Waals surface area contributed by atoms with Crippen molar-refractivity contribution < 1.29 is 4.79 Å². The van der Waals surface area contributed by atoms with Crippen molar-refractivity contribution >= 4 is 60.0 Å². The Balaban J connectivity index is 1.58. The molecule has 0 bridgehead atoms. The lowest BCUT2D eigenvalue weighted by Crippen LogP contribution is -2.19. The van der Waals surface area contributed by atoms with Crippen molar-refractivity contribution in [2.75, 3.05) is 10.6 Å². The lowest BCUT2D eigenvalue weighted by Gasteiger charge is -2.05. The van der Waals surface area contributed by atoms with E-state index in [4.69, 9.17) is 0 Å². The number of hydrogen-bond donors (Lipinski definition) is 2. The predicted molar refractivity (Wildman–Crippen MR) is 101 cm³/mol. The van der Waals surface area contributed by atoms with E-state index in [0.717, 1.165) is 36.7 Å². The van der Waals surface area contributed by atoms with Crippen molar-refractivity contribution in [2.24, 2.45) is 0 Å². The molecule has 2 amide bonds. The molecule has 24 heavy (non-hydrogen) atoms. The smallest absolute Gasteiger partial charge is 0.308 e. The van der Waals surface area contributed by atoms with Gasteiger partial charge >= 0.3 is 6.03 Å². The lowest BCUT2D eigenvalue weighted by molar-refractivity contribution is 0.262. The predicted octanol–water partition coefficient (Wildman–Crippen LogP) is 5.17. The zero-order valence-corrected chi connectivity index (χ0v) is 14.7. The number of fused-ring (bicyclic) bond motifs is 3. The van der Waals surface area contributed by atoms with Crippen LogP contribution < -0.4 is 10.6 Å². The molecule has 4 rings (SSSR count). The first kappa shape index (κ1) is 15.0. The topological polar surface area (TPSA) is 66.9 Å². The second-order valence-corrected chi connectivity index (χ2v) is 7.66. The van der Waals surface area contributed by atoms with Crippen molar-refractivity contribution in [3.8, 4) is 0 Å². The maximum absolute atomic E-state index is 12.1. The SMILES string of the molecule is Cc1ccc(NC(=O)Nc2nc3ccc4nc(C)sc4c3s2)cc1. The van der Waals surface area contributed by atoms with Gasteiger partial charge in [-0.05, 0) is 38.1 Å². The first-order chi connectivity index (χ1) is 11.6. The van der Waals surface area contributed by atoms with E-state index in [0.29, 0.717) is 5.13 Å². The molecule has 2 heterocycles. The average molecular weight is 354 g/mol. The summed E-state index contributed by atoms with van der Waals surface area (Å²) < 4.78 is 2.18. The minimum absolute atomic E-state index is 0.297. The second kappa shape index (κ2) is 5.85. The number of hydrogen-bond acceptors (Lipinski definition) is 5. The van der Waals surface area contributed by atoms with E-state index in [9.17, 15) is 4.79 Å². The summed E-state index contributed by atoms with van der Waals surface area (Å²) in [6, 6.07) is 11.3. The number of thiazole rings is 2. The highest BCUT2D eigenvalue weighted by Crippen LogP contribution is 2.35. The van der Waals surface area contributed by atoms with Gasteiger partial charge in [-0.2, -0.15) is 0 Å². The fraction of sp³-hybridized carbons (Fsp3) is 0.118. The summed E-state index contributed by atoms with van der Waals surface area (Å²) in [4.78, 5) is 21.1. The van der Waals surface area contributed by atoms with E-state index in [1.807, 2.05) is 50.2 Å². The lowest BCUT2D eigenvalue weighted by atomic mass is 10.2. The Morgan fingerprint density at radius 3 is 2.29 bits per heavy atom. The molecule has 5 nitrogen and oxygen atoms in total. The highest BCUT2D eigenvalue weighted by molar-refractivity contribution is 7.28. The van der Waals surface area contributed by atoms with Gasteiger partial charge in [0.05, 0.1) is 25.4 Å². The second-order valence-electron chi connectivity index (χ2n) is 5.46. The minimum Gasteiger partial charge on any atom is -0.308 e. The molecule has 0 aliphatic heterocycles. The fourth-order valence-corrected chi connectivity index (χ4v) is 4.44. The van der Waals surface area contributed by atoms with Gasteiger partial charge in [-0.25, -0.2) is 14.8 Å². The summed E-state index contributed by atoms with van der Waals surface area (Å²) in [6.45, 7) is 4.00. The van der Waals surface area contributed by atoms with E-state index in [1.54, 1.807) is 11.3 Å². The van der Waals surface area contributed by atoms with E-state index < -0.39 is 0 Å². The first-order valence-corrected chi connectivity index (χ1v) is 9.03. The van der Waals surface area contributed by atoms with Crippen LogP contribution in [-0.2, 0) is 0 Å². The van der Waals surface area contributed by atoms with Gasteiger partial charge in [-0.1, -0.05) is 29.0 Å². The Morgan fingerprint density at radius 2 is 1.54 bits per heavy atom. The third-order valence-corrected chi connectivity index (χ3v) is 5.69. The number of rotatable bonds is 2. The zero-order valence-electron chi connectivity index (χ0n) is 13.1. The molecule has 0 saturated heterocycles. The number of carbonyl (C=O) groups is 1. The molecule has 0 unspecified atom stereocenters. The number of urea groups is 1. The largest absolute Gasteiger partial charge is 0.325 e. The van der Waals surface area contributed by atoms with Gasteiger partial charge in [-0.3, -0.25) is 5.32 Å². The van der Waals surface area contributed by atoms with Crippen LogP contribution in [0.15, 0.2) is 36.4 Å². The van der Waals surface area contributed by atoms with Gasteiger partial charge in [0.1, 0.15) is 0 Å². The maximum Gasteiger partial charge on any atom is 0.325 e. The molecule has 120 valence electrons. The van der Waals surface area contributed by atoms with E-state index in [-0.39, 0.29) is 6.03 Å². The molecule has 0 aliphatic rings. The Hall–Kier alpha value is -2.51. The molecule has 0 saturated carbocycles. The Kier molecular flexibility index (Phi) is 3.66. The molecule has 0 fully saturated rings. The molecular weight excluding hydrogens is 340 g/mol. The molecule has 2 aromatic heterocycles. The Morgan fingerprint density at radius 1 is 0.875 bits per heavy atom. The quantitative estimate of drug-likeness (QED) is 0.522. The molecule has 0 atom stereocenters. The molecule has 0 spiro atoms. The summed E-state index contributed by atoms with van der Waals surface area (Å²) in [6.07, 6.45) is 0. The number of nitrogens with zero attached hydrogens (tertiary/aromatic N) is 2. The fourth-order valence-electron chi connectivity index (χ4n) is 2.43. The minimum atomic E-state index is -0.297. The van der Waals surface area contributed by atoms with Gasteiger partial charge in [0.15, 0.2) is 5.13 Å². The van der Waals surface area contributed by atoms with E-state index in [1.165, 1.54) is 11.3 Å². The third kappa shape index (κ3) is 2.83. The standard InChI is InChI=1S/C17H14N4OS2/c1-9-3-5-11(6-4-9)19-16(22)21-17-20-13-8-7-12-14(15(13)24-17)23-10(2)18-12/h3-8H,1-2H3,(H2,19,20,21,22). The van der Waals surface area contributed by atoms with Gasteiger partial charge in [0.25, 0.3) is 0 Å². The molecule has 4 aromatic rings. The Bertz CT molecular complexity index is 1050. The average Bonchev–Trinajstić information content (AvgIpc) is 3.11. The number of anilines is 2. The van der Waals surface area contributed by atoms with Crippen molar-refractivity contribution in [2.45, 2.75) is 13.8 Å². The van der Waals surface area contributed by atoms with Crippen LogP contribution in [0.4, 0.5) is 15.6 Å². The summed E-state index contributed by atoms with van der Waals surface area (Å²) in [7, 11) is 0. The number of amides is 2. The summed E-state index contributed by atoms with van der Waals surface area (Å²) in [5.74, 6) is 0. The maximum atomic E-state index is 12.1. The van der Waals surface area contributed by atoms with Crippen molar-refractivity contribution in [1.29, 1.82) is 0 Å². The van der Waals surface area contributed by atoms with Crippen LogP contribution in [0.2, 0.25) is 0 Å². The number of aryl methyl sites for hydroxylation is 2. The van der Waals surface area contributed by atoms with Gasteiger partial charge in [-0.15, -0.1) is 11.3 Å². The molecule has 2 N–H and O–H groups in total. The normalized spacial score (nSPS) is 11.1. The summed E-state index contributed by atoms with van der Waals surface area (Å²) in [5.41, 5.74) is 3.75. The third-order valence-electron chi connectivity index (χ3n) is 3.55. The van der Waals surface area contributed by atoms with Crippen molar-refractivity contribution in [3.05, 3.63) is 47.0 Å². The zero-order chi connectivity index (χ0) is 16.7. The molecule has 0 aliphatic carbocycles. The molecule has 2 aromatic carbocycles. The van der Waals surface area contributed by atoms with Gasteiger partial charge in [0, 0.05) is 5.69 Å². The number of carbonyl (C=O) groups excluding carboxylic acids is 1.